The number of benzene rings is 3. The predicted molar refractivity (Wildman–Crippen MR) is 115 cm³/mol. The number of carbonyl (C=O) groups is 1. The highest BCUT2D eigenvalue weighted by molar-refractivity contribution is 7.99. The minimum Gasteiger partial charge on any atom is -0.489 e. The van der Waals surface area contributed by atoms with Gasteiger partial charge < -0.3 is 9.64 Å². The molecule has 1 aliphatic heterocycles. The number of carbonyl (C=O) groups excluding carboxylic acids is 1. The standard InChI is InChI=1S/C24H23NO2S/c1-18-8-5-6-13-22(18)23(26)25-14-15-28-24(25)20-11-7-12-21(16-20)27-17-19-9-3-2-4-10-19/h2-13,16,24H,14-15,17H2,1H3. The van der Waals surface area contributed by atoms with Crippen LogP contribution in [0.2, 0.25) is 0 Å². The highest BCUT2D eigenvalue weighted by atomic mass is 32.2. The summed E-state index contributed by atoms with van der Waals surface area (Å²) in [5.41, 5.74) is 4.05. The van der Waals surface area contributed by atoms with Crippen molar-refractivity contribution in [2.75, 3.05) is 12.3 Å². The molecule has 1 amide bonds. The highest BCUT2D eigenvalue weighted by Crippen LogP contribution is 2.40. The Balaban J connectivity index is 1.51. The van der Waals surface area contributed by atoms with E-state index in [0.717, 1.165) is 40.3 Å². The largest absolute Gasteiger partial charge is 0.489 e. The van der Waals surface area contributed by atoms with Crippen LogP contribution in [0.4, 0.5) is 0 Å². The molecule has 1 fully saturated rings. The number of amides is 1. The molecule has 3 aromatic carbocycles. The summed E-state index contributed by atoms with van der Waals surface area (Å²) in [6.45, 7) is 3.29. The van der Waals surface area contributed by atoms with Crippen molar-refractivity contribution >= 4 is 17.7 Å². The van der Waals surface area contributed by atoms with Gasteiger partial charge in [-0.25, -0.2) is 0 Å². The summed E-state index contributed by atoms with van der Waals surface area (Å²) in [5, 5.41) is 0.0207. The van der Waals surface area contributed by atoms with Crippen molar-refractivity contribution in [2.45, 2.75) is 18.9 Å². The summed E-state index contributed by atoms with van der Waals surface area (Å²) in [6.07, 6.45) is 0. The van der Waals surface area contributed by atoms with Crippen molar-refractivity contribution < 1.29 is 9.53 Å². The van der Waals surface area contributed by atoms with Crippen molar-refractivity contribution in [3.05, 3.63) is 101 Å². The topological polar surface area (TPSA) is 29.5 Å². The van der Waals surface area contributed by atoms with Crippen LogP contribution in [0, 0.1) is 6.92 Å². The third kappa shape index (κ3) is 4.07. The van der Waals surface area contributed by atoms with E-state index in [1.165, 1.54) is 0 Å². The van der Waals surface area contributed by atoms with E-state index in [1.807, 2.05) is 66.4 Å². The molecule has 3 nitrogen and oxygen atoms in total. The minimum atomic E-state index is 0.0207. The number of ether oxygens (including phenoxy) is 1. The molecular formula is C24H23NO2S. The van der Waals surface area contributed by atoms with E-state index in [1.54, 1.807) is 11.8 Å². The van der Waals surface area contributed by atoms with Crippen LogP contribution in [0.25, 0.3) is 0 Å². The van der Waals surface area contributed by atoms with Crippen LogP contribution in [0.1, 0.15) is 32.4 Å². The third-order valence-corrected chi connectivity index (χ3v) is 6.18. The number of hydrogen-bond donors (Lipinski definition) is 0. The molecule has 1 heterocycles. The molecule has 3 aromatic rings. The fourth-order valence-corrected chi connectivity index (χ4v) is 4.67. The number of rotatable bonds is 5. The fraction of sp³-hybridized carbons (Fsp3) is 0.208. The number of aryl methyl sites for hydroxylation is 1. The smallest absolute Gasteiger partial charge is 0.255 e. The van der Waals surface area contributed by atoms with Crippen LogP contribution in [-0.2, 0) is 6.61 Å². The van der Waals surface area contributed by atoms with E-state index in [9.17, 15) is 4.79 Å². The molecule has 28 heavy (non-hydrogen) atoms. The second kappa shape index (κ2) is 8.53. The van der Waals surface area contributed by atoms with E-state index in [4.69, 9.17) is 4.74 Å². The Morgan fingerprint density at radius 1 is 1.04 bits per heavy atom. The van der Waals surface area contributed by atoms with Gasteiger partial charge in [0.2, 0.25) is 0 Å². The highest BCUT2D eigenvalue weighted by Gasteiger charge is 2.31. The van der Waals surface area contributed by atoms with Crippen LogP contribution in [0.5, 0.6) is 5.75 Å². The van der Waals surface area contributed by atoms with Gasteiger partial charge in [-0.1, -0.05) is 60.7 Å². The zero-order chi connectivity index (χ0) is 19.3. The first kappa shape index (κ1) is 18.6. The lowest BCUT2D eigenvalue weighted by molar-refractivity contribution is 0.0759. The first-order valence-electron chi connectivity index (χ1n) is 9.47. The lowest BCUT2D eigenvalue weighted by atomic mass is 10.1. The lowest BCUT2D eigenvalue weighted by Crippen LogP contribution is -2.30. The van der Waals surface area contributed by atoms with E-state index in [2.05, 4.69) is 24.3 Å². The first-order chi connectivity index (χ1) is 13.7. The monoisotopic (exact) mass is 389 g/mol. The number of hydrogen-bond acceptors (Lipinski definition) is 3. The fourth-order valence-electron chi connectivity index (χ4n) is 3.42. The van der Waals surface area contributed by atoms with Gasteiger partial charge in [0.1, 0.15) is 17.7 Å². The molecule has 0 N–H and O–H groups in total. The van der Waals surface area contributed by atoms with Crippen molar-refractivity contribution in [3.63, 3.8) is 0 Å². The molecule has 0 aliphatic carbocycles. The Morgan fingerprint density at radius 3 is 2.64 bits per heavy atom. The average Bonchev–Trinajstić information content (AvgIpc) is 3.23. The van der Waals surface area contributed by atoms with Gasteiger partial charge in [0, 0.05) is 17.9 Å². The Labute approximate surface area is 170 Å². The Hall–Kier alpha value is -2.72. The summed E-state index contributed by atoms with van der Waals surface area (Å²) >= 11 is 1.81. The van der Waals surface area contributed by atoms with Gasteiger partial charge in [0.15, 0.2) is 0 Å². The van der Waals surface area contributed by atoms with Crippen LogP contribution in [0.15, 0.2) is 78.9 Å². The molecule has 4 rings (SSSR count). The normalized spacial score (nSPS) is 16.2. The molecule has 1 atom stereocenters. The molecule has 0 spiro atoms. The van der Waals surface area contributed by atoms with Gasteiger partial charge in [0.25, 0.3) is 5.91 Å². The van der Waals surface area contributed by atoms with Crippen molar-refractivity contribution in [1.82, 2.24) is 4.90 Å². The Bertz CT molecular complexity index is 958. The SMILES string of the molecule is Cc1ccccc1C(=O)N1CCSC1c1cccc(OCc2ccccc2)c1. The van der Waals surface area contributed by atoms with Crippen molar-refractivity contribution in [2.24, 2.45) is 0 Å². The molecule has 0 radical (unpaired) electrons. The van der Waals surface area contributed by atoms with Gasteiger partial charge in [-0.15, -0.1) is 11.8 Å². The molecule has 1 unspecified atom stereocenters. The maximum Gasteiger partial charge on any atom is 0.255 e. The summed E-state index contributed by atoms with van der Waals surface area (Å²) in [4.78, 5) is 15.1. The predicted octanol–water partition coefficient (Wildman–Crippen LogP) is 5.46. The van der Waals surface area contributed by atoms with E-state index in [0.29, 0.717) is 6.61 Å². The van der Waals surface area contributed by atoms with E-state index in [-0.39, 0.29) is 11.3 Å². The molecule has 142 valence electrons. The lowest BCUT2D eigenvalue weighted by Gasteiger charge is -2.25. The van der Waals surface area contributed by atoms with Gasteiger partial charge in [-0.05, 0) is 41.8 Å². The maximum atomic E-state index is 13.1. The summed E-state index contributed by atoms with van der Waals surface area (Å²) in [7, 11) is 0. The van der Waals surface area contributed by atoms with Crippen molar-refractivity contribution in [3.8, 4) is 5.75 Å². The van der Waals surface area contributed by atoms with E-state index < -0.39 is 0 Å². The second-order valence-electron chi connectivity index (χ2n) is 6.88. The van der Waals surface area contributed by atoms with Crippen LogP contribution in [-0.4, -0.2) is 23.1 Å². The zero-order valence-corrected chi connectivity index (χ0v) is 16.7. The third-order valence-electron chi connectivity index (χ3n) is 4.92. The van der Waals surface area contributed by atoms with Crippen molar-refractivity contribution in [1.29, 1.82) is 0 Å². The Morgan fingerprint density at radius 2 is 1.82 bits per heavy atom. The maximum absolute atomic E-state index is 13.1. The van der Waals surface area contributed by atoms with Crippen LogP contribution < -0.4 is 4.74 Å². The second-order valence-corrected chi connectivity index (χ2v) is 8.07. The molecule has 4 heteroatoms. The Kier molecular flexibility index (Phi) is 5.68. The summed E-state index contributed by atoms with van der Waals surface area (Å²) in [6, 6.07) is 26.1. The number of nitrogens with zero attached hydrogens (tertiary/aromatic N) is 1. The first-order valence-corrected chi connectivity index (χ1v) is 10.5. The van der Waals surface area contributed by atoms with E-state index >= 15 is 0 Å². The van der Waals surface area contributed by atoms with Crippen LogP contribution >= 0.6 is 11.8 Å². The van der Waals surface area contributed by atoms with Crippen LogP contribution in [0.3, 0.4) is 0 Å². The molecule has 0 aromatic heterocycles. The number of thioether (sulfide) groups is 1. The van der Waals surface area contributed by atoms with Gasteiger partial charge in [0.05, 0.1) is 0 Å². The quantitative estimate of drug-likeness (QED) is 0.580. The molecule has 1 saturated heterocycles. The molecule has 0 saturated carbocycles. The summed E-state index contributed by atoms with van der Waals surface area (Å²) < 4.78 is 5.98. The van der Waals surface area contributed by atoms with Gasteiger partial charge >= 0.3 is 0 Å². The van der Waals surface area contributed by atoms with Gasteiger partial charge in [-0.3, -0.25) is 4.79 Å². The minimum absolute atomic E-state index is 0.0207. The zero-order valence-electron chi connectivity index (χ0n) is 15.9. The average molecular weight is 390 g/mol. The molecular weight excluding hydrogens is 366 g/mol. The summed E-state index contributed by atoms with van der Waals surface area (Å²) in [5.74, 6) is 1.87. The van der Waals surface area contributed by atoms with Gasteiger partial charge in [-0.2, -0.15) is 0 Å². The molecule has 1 aliphatic rings. The molecule has 0 bridgehead atoms.